The summed E-state index contributed by atoms with van der Waals surface area (Å²) in [5, 5.41) is 0.362. The summed E-state index contributed by atoms with van der Waals surface area (Å²) in [5.41, 5.74) is -0.431. The molecule has 0 aliphatic carbocycles. The highest BCUT2D eigenvalue weighted by Gasteiger charge is 2.10. The van der Waals surface area contributed by atoms with Crippen molar-refractivity contribution in [1.29, 1.82) is 0 Å². The minimum Gasteiger partial charge on any atom is -0.303 e. The van der Waals surface area contributed by atoms with E-state index in [0.29, 0.717) is 22.1 Å². The molecule has 0 bridgehead atoms. The number of para-hydroxylation sites is 1. The largest absolute Gasteiger partial charge is 0.321 e. The molecule has 0 amide bonds. The maximum Gasteiger partial charge on any atom is 0.321 e. The second kappa shape index (κ2) is 6.69. The van der Waals surface area contributed by atoms with Gasteiger partial charge in [-0.1, -0.05) is 29.8 Å². The quantitative estimate of drug-likeness (QED) is 0.507. The second-order valence-electron chi connectivity index (χ2n) is 5.87. The fourth-order valence-electron chi connectivity index (χ4n) is 2.83. The van der Waals surface area contributed by atoms with Crippen LogP contribution in [0.25, 0.3) is 11.3 Å². The van der Waals surface area contributed by atoms with Gasteiger partial charge in [-0.05, 0) is 24.3 Å². The Balaban J connectivity index is 1.77. The van der Waals surface area contributed by atoms with Gasteiger partial charge >= 0.3 is 11.1 Å². The molecule has 0 saturated heterocycles. The van der Waals surface area contributed by atoms with E-state index >= 15 is 0 Å². The Kier molecular flexibility index (Phi) is 4.21. The van der Waals surface area contributed by atoms with Crippen molar-refractivity contribution in [2.24, 2.45) is 0 Å². The number of pyridine rings is 1. The van der Waals surface area contributed by atoms with E-state index in [0.717, 1.165) is 0 Å². The van der Waals surface area contributed by atoms with Crippen LogP contribution in [-0.2, 0) is 6.54 Å². The van der Waals surface area contributed by atoms with Crippen LogP contribution < -0.4 is 16.7 Å². The molecule has 7 nitrogen and oxygen atoms in total. The number of nitrogens with zero attached hydrogens (tertiary/aromatic N) is 4. The molecular formula is C19H13ClN4O3. The lowest BCUT2D eigenvalue weighted by molar-refractivity contribution is 0.702. The number of rotatable bonds is 3. The zero-order chi connectivity index (χ0) is 19.0. The van der Waals surface area contributed by atoms with Gasteiger partial charge in [0.1, 0.15) is 5.65 Å². The fraction of sp³-hybridized carbons (Fsp3) is 0.0526. The highest BCUT2D eigenvalue weighted by molar-refractivity contribution is 6.32. The smallest absolute Gasteiger partial charge is 0.303 e. The van der Waals surface area contributed by atoms with Crippen LogP contribution >= 0.6 is 11.6 Å². The molecule has 0 saturated carbocycles. The Bertz CT molecular complexity index is 1340. The average Bonchev–Trinajstić information content (AvgIpc) is 2.67. The van der Waals surface area contributed by atoms with Gasteiger partial charge in [0.05, 0.1) is 22.9 Å². The topological polar surface area (TPSA) is 78.4 Å². The molecule has 3 aromatic heterocycles. The number of benzene rings is 1. The first-order chi connectivity index (χ1) is 13.0. The van der Waals surface area contributed by atoms with Crippen molar-refractivity contribution >= 4 is 17.2 Å². The molecule has 0 spiro atoms. The monoisotopic (exact) mass is 380 g/mol. The summed E-state index contributed by atoms with van der Waals surface area (Å²) >= 11 is 6.11. The van der Waals surface area contributed by atoms with Gasteiger partial charge in [-0.2, -0.15) is 0 Å². The first-order valence-corrected chi connectivity index (χ1v) is 8.47. The Morgan fingerprint density at radius 1 is 0.889 bits per heavy atom. The van der Waals surface area contributed by atoms with Crippen LogP contribution in [0.2, 0.25) is 5.02 Å². The van der Waals surface area contributed by atoms with Crippen molar-refractivity contribution in [3.63, 3.8) is 0 Å². The molecule has 0 atom stereocenters. The van der Waals surface area contributed by atoms with Crippen LogP contribution in [0.3, 0.4) is 0 Å². The van der Waals surface area contributed by atoms with Gasteiger partial charge in [0.25, 0.3) is 5.56 Å². The molecule has 1 aromatic carbocycles. The molecule has 27 heavy (non-hydrogen) atoms. The molecule has 0 fully saturated rings. The number of halogens is 1. The van der Waals surface area contributed by atoms with Crippen molar-refractivity contribution in [3.05, 3.63) is 109 Å². The lowest BCUT2D eigenvalue weighted by Gasteiger charge is -2.10. The predicted octanol–water partition coefficient (Wildman–Crippen LogP) is 1.71. The van der Waals surface area contributed by atoms with E-state index in [9.17, 15) is 14.4 Å². The Morgan fingerprint density at radius 2 is 1.67 bits per heavy atom. The van der Waals surface area contributed by atoms with Crippen LogP contribution in [0.4, 0.5) is 0 Å². The molecule has 8 heteroatoms. The van der Waals surface area contributed by atoms with E-state index < -0.39 is 11.1 Å². The average molecular weight is 381 g/mol. The van der Waals surface area contributed by atoms with Crippen LogP contribution in [0.15, 0.2) is 81.5 Å². The number of fused-ring (bicyclic) bond motifs is 1. The number of hydrogen-bond acceptors (Lipinski definition) is 4. The standard InChI is InChI=1S/C19H13ClN4O3/c20-14-5-1-2-6-15(14)23-10-9-22(18(26)19(23)27)12-13-11-17(25)24-8-4-3-7-16(24)21-13/h1-11H,12H2. The highest BCUT2D eigenvalue weighted by Crippen LogP contribution is 2.17. The molecule has 0 aliphatic rings. The van der Waals surface area contributed by atoms with Crippen molar-refractivity contribution in [3.8, 4) is 5.69 Å². The molecule has 0 aliphatic heterocycles. The van der Waals surface area contributed by atoms with Crippen LogP contribution in [-0.4, -0.2) is 18.5 Å². The van der Waals surface area contributed by atoms with Crippen LogP contribution in [0.5, 0.6) is 0 Å². The Labute approximate surface area is 157 Å². The maximum atomic E-state index is 12.5. The minimum absolute atomic E-state index is 0.0120. The van der Waals surface area contributed by atoms with E-state index in [4.69, 9.17) is 11.6 Å². The molecule has 3 heterocycles. The van der Waals surface area contributed by atoms with E-state index in [1.54, 1.807) is 48.7 Å². The SMILES string of the molecule is O=c1c(=O)n(-c2ccccc2Cl)ccn1Cc1cc(=O)n2ccccc2n1. The Morgan fingerprint density at radius 3 is 2.48 bits per heavy atom. The lowest BCUT2D eigenvalue weighted by atomic mass is 10.3. The third-order valence-corrected chi connectivity index (χ3v) is 4.45. The first-order valence-electron chi connectivity index (χ1n) is 8.09. The van der Waals surface area contributed by atoms with Gasteiger partial charge in [0, 0.05) is 24.7 Å². The van der Waals surface area contributed by atoms with Crippen molar-refractivity contribution in [1.82, 2.24) is 18.5 Å². The molecular weight excluding hydrogens is 368 g/mol. The van der Waals surface area contributed by atoms with Gasteiger partial charge in [-0.15, -0.1) is 0 Å². The molecule has 0 N–H and O–H groups in total. The van der Waals surface area contributed by atoms with Crippen molar-refractivity contribution < 1.29 is 0 Å². The second-order valence-corrected chi connectivity index (χ2v) is 6.28. The summed E-state index contributed by atoms with van der Waals surface area (Å²) in [5.74, 6) is 0. The third kappa shape index (κ3) is 3.09. The van der Waals surface area contributed by atoms with E-state index in [1.165, 1.54) is 32.0 Å². The summed E-state index contributed by atoms with van der Waals surface area (Å²) in [7, 11) is 0. The van der Waals surface area contributed by atoms with E-state index in [1.807, 2.05) is 0 Å². The highest BCUT2D eigenvalue weighted by atomic mass is 35.5. The summed E-state index contributed by atoms with van der Waals surface area (Å²) < 4.78 is 3.82. The van der Waals surface area contributed by atoms with Gasteiger partial charge in [-0.3, -0.25) is 23.4 Å². The molecule has 0 unspecified atom stereocenters. The molecule has 4 aromatic rings. The summed E-state index contributed by atoms with van der Waals surface area (Å²) in [6.07, 6.45) is 4.56. The third-order valence-electron chi connectivity index (χ3n) is 4.13. The van der Waals surface area contributed by atoms with Gasteiger partial charge in [-0.25, -0.2) is 4.98 Å². The van der Waals surface area contributed by atoms with E-state index in [2.05, 4.69) is 4.98 Å². The maximum absolute atomic E-state index is 12.5. The summed E-state index contributed by atoms with van der Waals surface area (Å²) in [6, 6.07) is 13.3. The summed E-state index contributed by atoms with van der Waals surface area (Å²) in [4.78, 5) is 41.5. The van der Waals surface area contributed by atoms with Crippen LogP contribution in [0, 0.1) is 0 Å². The van der Waals surface area contributed by atoms with Crippen LogP contribution in [0.1, 0.15) is 5.69 Å². The van der Waals surface area contributed by atoms with E-state index in [-0.39, 0.29) is 12.1 Å². The molecule has 0 radical (unpaired) electrons. The Hall–Kier alpha value is -3.45. The molecule has 134 valence electrons. The van der Waals surface area contributed by atoms with Crippen molar-refractivity contribution in [2.45, 2.75) is 6.54 Å². The normalized spacial score (nSPS) is 11.0. The first kappa shape index (κ1) is 17.0. The van der Waals surface area contributed by atoms with Gasteiger partial charge in [0.2, 0.25) is 0 Å². The summed E-state index contributed by atoms with van der Waals surface area (Å²) in [6.45, 7) is 0.0120. The van der Waals surface area contributed by atoms with Gasteiger partial charge < -0.3 is 4.57 Å². The minimum atomic E-state index is -0.733. The molecule has 4 rings (SSSR count). The van der Waals surface area contributed by atoms with Crippen molar-refractivity contribution in [2.75, 3.05) is 0 Å². The number of hydrogen-bond donors (Lipinski definition) is 0. The van der Waals surface area contributed by atoms with Gasteiger partial charge in [0.15, 0.2) is 0 Å². The lowest BCUT2D eigenvalue weighted by Crippen LogP contribution is -2.40. The number of aromatic nitrogens is 4. The predicted molar refractivity (Wildman–Crippen MR) is 102 cm³/mol. The fourth-order valence-corrected chi connectivity index (χ4v) is 3.06. The zero-order valence-electron chi connectivity index (χ0n) is 13.9. The zero-order valence-corrected chi connectivity index (χ0v) is 14.7.